The Morgan fingerprint density at radius 1 is 1.17 bits per heavy atom. The Morgan fingerprint density at radius 3 is 1.67 bits per heavy atom. The molecule has 0 aromatic carbocycles. The zero-order chi connectivity index (χ0) is 9.82. The van der Waals surface area contributed by atoms with E-state index in [1.54, 1.807) is 0 Å². The normalized spacial score (nSPS) is 11.8. The van der Waals surface area contributed by atoms with Crippen molar-refractivity contribution in [2.24, 2.45) is 5.73 Å². The molecule has 5 N–H and O–H groups in total. The average Bonchev–Trinajstić information content (AvgIpc) is 2.02. The molecule has 0 bridgehead atoms. The monoisotopic (exact) mass is 179 g/mol. The number of nitrogens with two attached hydrogens (primary N) is 1. The van der Waals surface area contributed by atoms with Crippen molar-refractivity contribution in [1.29, 1.82) is 0 Å². The fraction of sp³-hybridized carbons (Fsp3) is 1.00. The maximum Gasteiger partial charge on any atom is 0.102 e. The van der Waals surface area contributed by atoms with Gasteiger partial charge in [0.1, 0.15) is 6.23 Å². The first kappa shape index (κ1) is 14.4. The van der Waals surface area contributed by atoms with E-state index in [2.05, 4.69) is 0 Å². The molecule has 1 atom stereocenters. The van der Waals surface area contributed by atoms with E-state index in [1.165, 1.54) is 0 Å². The number of hydrogen-bond acceptors (Lipinski definition) is 4. The first-order valence-electron chi connectivity index (χ1n) is 4.34. The van der Waals surface area contributed by atoms with E-state index in [-0.39, 0.29) is 13.2 Å². The summed E-state index contributed by atoms with van der Waals surface area (Å²) < 4.78 is 0. The maximum atomic E-state index is 8.33. The molecule has 1 unspecified atom stereocenters. The molecule has 12 heavy (non-hydrogen) atoms. The van der Waals surface area contributed by atoms with Crippen molar-refractivity contribution in [3.8, 4) is 0 Å². The van der Waals surface area contributed by atoms with Crippen LogP contribution in [0.25, 0.3) is 0 Å². The number of hydrogen-bond donors (Lipinski definition) is 4. The SMILES string of the molecule is CCCC(N)O.OCCCCO. The summed E-state index contributed by atoms with van der Waals surface area (Å²) in [7, 11) is 0. The van der Waals surface area contributed by atoms with E-state index in [0.717, 1.165) is 19.3 Å². The van der Waals surface area contributed by atoms with Gasteiger partial charge < -0.3 is 21.1 Å². The van der Waals surface area contributed by atoms with Crippen LogP contribution >= 0.6 is 0 Å². The standard InChI is InChI=1S/C4H11NO.C4H10O2/c1-2-3-4(5)6;5-3-1-2-4-6/h4,6H,2-3,5H2,1H3;5-6H,1-4H2. The van der Waals surface area contributed by atoms with E-state index in [4.69, 9.17) is 21.1 Å². The van der Waals surface area contributed by atoms with Gasteiger partial charge in [-0.3, -0.25) is 0 Å². The van der Waals surface area contributed by atoms with Crippen molar-refractivity contribution in [3.63, 3.8) is 0 Å². The molecule has 0 saturated carbocycles. The predicted molar refractivity (Wildman–Crippen MR) is 48.5 cm³/mol. The molecular formula is C8H21NO3. The lowest BCUT2D eigenvalue weighted by Crippen LogP contribution is -2.17. The molecule has 0 aromatic heterocycles. The third-order valence-electron chi connectivity index (χ3n) is 1.15. The molecule has 0 aromatic rings. The summed E-state index contributed by atoms with van der Waals surface area (Å²) in [5, 5.41) is 24.5. The summed E-state index contributed by atoms with van der Waals surface area (Å²) in [4.78, 5) is 0. The van der Waals surface area contributed by atoms with Gasteiger partial charge in [-0.15, -0.1) is 0 Å². The van der Waals surface area contributed by atoms with Crippen molar-refractivity contribution >= 4 is 0 Å². The molecule has 0 heterocycles. The predicted octanol–water partition coefficient (Wildman–Crippen LogP) is -0.185. The minimum absolute atomic E-state index is 0.195. The van der Waals surface area contributed by atoms with Crippen LogP contribution in [0.4, 0.5) is 0 Å². The fourth-order valence-electron chi connectivity index (χ4n) is 0.519. The first-order chi connectivity index (χ1) is 5.68. The van der Waals surface area contributed by atoms with Crippen molar-refractivity contribution in [1.82, 2.24) is 0 Å². The molecule has 0 spiro atoms. The molecule has 0 amide bonds. The number of unbranched alkanes of at least 4 members (excludes halogenated alkanes) is 1. The summed E-state index contributed by atoms with van der Waals surface area (Å²) in [6, 6.07) is 0. The summed E-state index contributed by atoms with van der Waals surface area (Å²) in [5.41, 5.74) is 4.96. The van der Waals surface area contributed by atoms with Crippen molar-refractivity contribution in [2.75, 3.05) is 13.2 Å². The van der Waals surface area contributed by atoms with Gasteiger partial charge in [0.05, 0.1) is 0 Å². The van der Waals surface area contributed by atoms with Crippen LogP contribution < -0.4 is 5.73 Å². The van der Waals surface area contributed by atoms with Crippen molar-refractivity contribution in [2.45, 2.75) is 38.8 Å². The van der Waals surface area contributed by atoms with Crippen LogP contribution in [0.2, 0.25) is 0 Å². The van der Waals surface area contributed by atoms with Gasteiger partial charge in [-0.2, -0.15) is 0 Å². The quantitative estimate of drug-likeness (QED) is 0.348. The lowest BCUT2D eigenvalue weighted by molar-refractivity contribution is 0.171. The van der Waals surface area contributed by atoms with Gasteiger partial charge in [0.15, 0.2) is 0 Å². The second-order valence-electron chi connectivity index (χ2n) is 2.51. The van der Waals surface area contributed by atoms with Crippen LogP contribution in [0.3, 0.4) is 0 Å². The summed E-state index contributed by atoms with van der Waals surface area (Å²) >= 11 is 0. The highest BCUT2D eigenvalue weighted by molar-refractivity contribution is 4.38. The van der Waals surface area contributed by atoms with Gasteiger partial charge in [-0.1, -0.05) is 13.3 Å². The molecule has 0 radical (unpaired) electrons. The molecule has 0 aliphatic carbocycles. The molecular weight excluding hydrogens is 158 g/mol. The minimum atomic E-state index is -0.602. The van der Waals surface area contributed by atoms with E-state index in [0.29, 0.717) is 6.42 Å². The Labute approximate surface area is 74.0 Å². The lowest BCUT2D eigenvalue weighted by atomic mass is 10.3. The van der Waals surface area contributed by atoms with E-state index in [9.17, 15) is 0 Å². The average molecular weight is 179 g/mol. The Kier molecular flexibility index (Phi) is 16.1. The Balaban J connectivity index is 0. The van der Waals surface area contributed by atoms with Crippen LogP contribution in [-0.2, 0) is 0 Å². The number of aliphatic hydroxyl groups excluding tert-OH is 3. The largest absolute Gasteiger partial charge is 0.396 e. The van der Waals surface area contributed by atoms with Gasteiger partial charge in [-0.25, -0.2) is 0 Å². The van der Waals surface area contributed by atoms with E-state index >= 15 is 0 Å². The Bertz CT molecular complexity index is 65.3. The van der Waals surface area contributed by atoms with E-state index in [1.807, 2.05) is 6.92 Å². The second-order valence-corrected chi connectivity index (χ2v) is 2.51. The van der Waals surface area contributed by atoms with Gasteiger partial charge in [0, 0.05) is 13.2 Å². The van der Waals surface area contributed by atoms with Crippen molar-refractivity contribution in [3.05, 3.63) is 0 Å². The zero-order valence-corrected chi connectivity index (χ0v) is 7.74. The van der Waals surface area contributed by atoms with Crippen LogP contribution in [-0.4, -0.2) is 34.8 Å². The zero-order valence-electron chi connectivity index (χ0n) is 7.74. The third kappa shape index (κ3) is 22.5. The van der Waals surface area contributed by atoms with Gasteiger partial charge >= 0.3 is 0 Å². The Hall–Kier alpha value is -0.160. The highest BCUT2D eigenvalue weighted by atomic mass is 16.3. The molecule has 0 saturated heterocycles. The lowest BCUT2D eigenvalue weighted by Gasteiger charge is -1.96. The summed E-state index contributed by atoms with van der Waals surface area (Å²) in [6.45, 7) is 2.37. The van der Waals surface area contributed by atoms with Gasteiger partial charge in [-0.05, 0) is 19.3 Å². The highest BCUT2D eigenvalue weighted by Crippen LogP contribution is 1.85. The smallest absolute Gasteiger partial charge is 0.102 e. The molecule has 76 valence electrons. The van der Waals surface area contributed by atoms with Crippen LogP contribution in [0.5, 0.6) is 0 Å². The summed E-state index contributed by atoms with van der Waals surface area (Å²) in [6.07, 6.45) is 2.50. The van der Waals surface area contributed by atoms with Crippen molar-refractivity contribution < 1.29 is 15.3 Å². The molecule has 0 aliphatic rings. The molecule has 4 heteroatoms. The Morgan fingerprint density at radius 2 is 1.58 bits per heavy atom. The minimum Gasteiger partial charge on any atom is -0.396 e. The summed E-state index contributed by atoms with van der Waals surface area (Å²) in [5.74, 6) is 0. The van der Waals surface area contributed by atoms with Gasteiger partial charge in [0.25, 0.3) is 0 Å². The molecule has 0 aliphatic heterocycles. The maximum absolute atomic E-state index is 8.33. The second kappa shape index (κ2) is 13.4. The topological polar surface area (TPSA) is 86.7 Å². The van der Waals surface area contributed by atoms with Gasteiger partial charge in [0.2, 0.25) is 0 Å². The fourth-order valence-corrected chi connectivity index (χ4v) is 0.519. The van der Waals surface area contributed by atoms with Crippen LogP contribution in [0.1, 0.15) is 32.6 Å². The van der Waals surface area contributed by atoms with E-state index < -0.39 is 6.23 Å². The van der Waals surface area contributed by atoms with Crippen LogP contribution in [0.15, 0.2) is 0 Å². The number of rotatable bonds is 5. The number of aliphatic hydroxyl groups is 3. The highest BCUT2D eigenvalue weighted by Gasteiger charge is 1.87. The molecule has 4 nitrogen and oxygen atoms in total. The third-order valence-corrected chi connectivity index (χ3v) is 1.15. The van der Waals surface area contributed by atoms with Crippen LogP contribution in [0, 0.1) is 0 Å². The molecule has 0 rings (SSSR count). The molecule has 0 fully saturated rings. The first-order valence-corrected chi connectivity index (χ1v) is 4.34.